The maximum atomic E-state index is 9.88. The van der Waals surface area contributed by atoms with E-state index < -0.39 is 0 Å². The van der Waals surface area contributed by atoms with Crippen LogP contribution in [-0.4, -0.2) is 16.6 Å². The van der Waals surface area contributed by atoms with Gasteiger partial charge >= 0.3 is 0 Å². The molecule has 0 fully saturated rings. The molecule has 1 unspecified atom stereocenters. The van der Waals surface area contributed by atoms with E-state index in [2.05, 4.69) is 43.0 Å². The van der Waals surface area contributed by atoms with Gasteiger partial charge < -0.3 is 5.11 Å². The van der Waals surface area contributed by atoms with Gasteiger partial charge in [-0.05, 0) is 25.1 Å². The molecule has 1 N–H and O–H groups in total. The summed E-state index contributed by atoms with van der Waals surface area (Å²) in [4.78, 5) is 2.35. The van der Waals surface area contributed by atoms with Crippen LogP contribution in [0.25, 0.3) is 0 Å². The standard InChI is InChI=1S/C17H21NO/c1-3-18(13-16-11-7-8-12-17(16)19)14(2)15-9-5-4-6-10-15/h4-12,14,19H,3,13H2,1-2H3. The van der Waals surface area contributed by atoms with E-state index in [0.717, 1.165) is 18.7 Å². The Morgan fingerprint density at radius 2 is 1.63 bits per heavy atom. The molecule has 0 heterocycles. The first-order valence-electron chi connectivity index (χ1n) is 6.78. The molecule has 0 saturated heterocycles. The van der Waals surface area contributed by atoms with Crippen LogP contribution in [0.5, 0.6) is 5.75 Å². The summed E-state index contributed by atoms with van der Waals surface area (Å²) < 4.78 is 0. The van der Waals surface area contributed by atoms with E-state index in [-0.39, 0.29) is 0 Å². The molecule has 2 aromatic carbocycles. The van der Waals surface area contributed by atoms with Gasteiger partial charge in [-0.15, -0.1) is 0 Å². The highest BCUT2D eigenvalue weighted by Crippen LogP contribution is 2.24. The lowest BCUT2D eigenvalue weighted by molar-refractivity contribution is 0.210. The van der Waals surface area contributed by atoms with Crippen LogP contribution in [0.2, 0.25) is 0 Å². The predicted octanol–water partition coefficient (Wildman–Crippen LogP) is 3.98. The average Bonchev–Trinajstić information content (AvgIpc) is 2.47. The van der Waals surface area contributed by atoms with Crippen molar-refractivity contribution in [2.75, 3.05) is 6.54 Å². The van der Waals surface area contributed by atoms with E-state index in [4.69, 9.17) is 0 Å². The number of phenolic OH excluding ortho intramolecular Hbond substituents is 1. The van der Waals surface area contributed by atoms with Crippen molar-refractivity contribution in [3.05, 3.63) is 65.7 Å². The molecule has 0 radical (unpaired) electrons. The van der Waals surface area contributed by atoms with Crippen molar-refractivity contribution >= 4 is 0 Å². The van der Waals surface area contributed by atoms with Gasteiger partial charge in [-0.3, -0.25) is 4.90 Å². The first kappa shape index (κ1) is 13.6. The van der Waals surface area contributed by atoms with Crippen molar-refractivity contribution in [1.29, 1.82) is 0 Å². The largest absolute Gasteiger partial charge is 0.508 e. The molecule has 0 aromatic heterocycles. The third-order valence-electron chi connectivity index (χ3n) is 3.60. The van der Waals surface area contributed by atoms with Crippen molar-refractivity contribution in [2.24, 2.45) is 0 Å². The number of hydrogen-bond acceptors (Lipinski definition) is 2. The predicted molar refractivity (Wildman–Crippen MR) is 79.0 cm³/mol. The minimum absolute atomic E-state index is 0.339. The average molecular weight is 255 g/mol. The van der Waals surface area contributed by atoms with E-state index in [1.54, 1.807) is 6.07 Å². The van der Waals surface area contributed by atoms with Crippen molar-refractivity contribution in [1.82, 2.24) is 4.90 Å². The number of rotatable bonds is 5. The van der Waals surface area contributed by atoms with Crippen molar-refractivity contribution in [2.45, 2.75) is 26.4 Å². The van der Waals surface area contributed by atoms with Crippen LogP contribution in [0, 0.1) is 0 Å². The molecule has 2 nitrogen and oxygen atoms in total. The summed E-state index contributed by atoms with van der Waals surface area (Å²) in [7, 11) is 0. The van der Waals surface area contributed by atoms with Crippen molar-refractivity contribution in [3.8, 4) is 5.75 Å². The third kappa shape index (κ3) is 3.36. The Hall–Kier alpha value is -1.80. The fourth-order valence-electron chi connectivity index (χ4n) is 2.33. The molecule has 2 aromatic rings. The van der Waals surface area contributed by atoms with Gasteiger partial charge in [0.2, 0.25) is 0 Å². The molecule has 0 saturated carbocycles. The van der Waals surface area contributed by atoms with Crippen LogP contribution in [0.15, 0.2) is 54.6 Å². The van der Waals surface area contributed by atoms with Crippen molar-refractivity contribution in [3.63, 3.8) is 0 Å². The Labute approximate surface area is 115 Å². The highest BCUT2D eigenvalue weighted by Gasteiger charge is 2.15. The van der Waals surface area contributed by atoms with Gasteiger partial charge in [0.25, 0.3) is 0 Å². The first-order valence-corrected chi connectivity index (χ1v) is 6.78. The first-order chi connectivity index (χ1) is 9.22. The van der Waals surface area contributed by atoms with E-state index in [1.165, 1.54) is 5.56 Å². The van der Waals surface area contributed by atoms with Gasteiger partial charge in [0.05, 0.1) is 0 Å². The van der Waals surface area contributed by atoms with Crippen LogP contribution >= 0.6 is 0 Å². The van der Waals surface area contributed by atoms with Crippen LogP contribution < -0.4 is 0 Å². The lowest BCUT2D eigenvalue weighted by atomic mass is 10.1. The fraction of sp³-hybridized carbons (Fsp3) is 0.294. The number of para-hydroxylation sites is 1. The van der Waals surface area contributed by atoms with Crippen LogP contribution in [0.4, 0.5) is 0 Å². The number of benzene rings is 2. The molecule has 0 spiro atoms. The molecule has 2 heteroatoms. The Balaban J connectivity index is 2.15. The Bertz CT molecular complexity index is 510. The number of phenols is 1. The quantitative estimate of drug-likeness (QED) is 0.873. The van der Waals surface area contributed by atoms with Gasteiger partial charge in [-0.1, -0.05) is 55.5 Å². The van der Waals surface area contributed by atoms with E-state index in [0.29, 0.717) is 11.8 Å². The molecule has 2 rings (SSSR count). The molecule has 0 aliphatic carbocycles. The molecule has 1 atom stereocenters. The summed E-state index contributed by atoms with van der Waals surface area (Å²) in [5.74, 6) is 0.376. The fourth-order valence-corrected chi connectivity index (χ4v) is 2.33. The van der Waals surface area contributed by atoms with E-state index in [9.17, 15) is 5.11 Å². The number of nitrogens with zero attached hydrogens (tertiary/aromatic N) is 1. The summed E-state index contributed by atoms with van der Waals surface area (Å²) in [5, 5.41) is 9.88. The van der Waals surface area contributed by atoms with Crippen LogP contribution in [0.1, 0.15) is 31.0 Å². The zero-order chi connectivity index (χ0) is 13.7. The van der Waals surface area contributed by atoms with Crippen LogP contribution in [-0.2, 0) is 6.54 Å². The summed E-state index contributed by atoms with van der Waals surface area (Å²) >= 11 is 0. The maximum Gasteiger partial charge on any atom is 0.120 e. The lowest BCUT2D eigenvalue weighted by Gasteiger charge is -2.28. The van der Waals surface area contributed by atoms with Gasteiger partial charge in [0.15, 0.2) is 0 Å². The lowest BCUT2D eigenvalue weighted by Crippen LogP contribution is -2.26. The molecule has 0 amide bonds. The highest BCUT2D eigenvalue weighted by molar-refractivity contribution is 5.32. The second kappa shape index (κ2) is 6.39. The summed E-state index contributed by atoms with van der Waals surface area (Å²) in [6.45, 7) is 6.07. The SMILES string of the molecule is CCN(Cc1ccccc1O)C(C)c1ccccc1. The van der Waals surface area contributed by atoms with E-state index in [1.807, 2.05) is 24.3 Å². The second-order valence-electron chi connectivity index (χ2n) is 4.78. The topological polar surface area (TPSA) is 23.5 Å². The Kier molecular flexibility index (Phi) is 4.58. The van der Waals surface area contributed by atoms with Gasteiger partial charge in [-0.2, -0.15) is 0 Å². The molecule has 100 valence electrons. The van der Waals surface area contributed by atoms with Gasteiger partial charge in [0.1, 0.15) is 5.75 Å². The van der Waals surface area contributed by atoms with Gasteiger partial charge in [0, 0.05) is 18.2 Å². The molecule has 0 aliphatic heterocycles. The number of hydrogen-bond donors (Lipinski definition) is 1. The van der Waals surface area contributed by atoms with Gasteiger partial charge in [-0.25, -0.2) is 0 Å². The van der Waals surface area contributed by atoms with Crippen LogP contribution in [0.3, 0.4) is 0 Å². The molecule has 0 aliphatic rings. The normalized spacial score (nSPS) is 12.6. The Morgan fingerprint density at radius 1 is 1.00 bits per heavy atom. The second-order valence-corrected chi connectivity index (χ2v) is 4.78. The molecular weight excluding hydrogens is 234 g/mol. The maximum absolute atomic E-state index is 9.88. The molecular formula is C17H21NO. The zero-order valence-corrected chi connectivity index (χ0v) is 11.6. The minimum atomic E-state index is 0.339. The summed E-state index contributed by atoms with van der Waals surface area (Å²) in [5.41, 5.74) is 2.28. The highest BCUT2D eigenvalue weighted by atomic mass is 16.3. The summed E-state index contributed by atoms with van der Waals surface area (Å²) in [6.07, 6.45) is 0. The summed E-state index contributed by atoms with van der Waals surface area (Å²) in [6, 6.07) is 18.4. The smallest absolute Gasteiger partial charge is 0.120 e. The van der Waals surface area contributed by atoms with E-state index >= 15 is 0 Å². The molecule has 0 bridgehead atoms. The number of aromatic hydroxyl groups is 1. The Morgan fingerprint density at radius 3 is 2.26 bits per heavy atom. The molecule has 19 heavy (non-hydrogen) atoms. The third-order valence-corrected chi connectivity index (χ3v) is 3.60. The van der Waals surface area contributed by atoms with Crippen molar-refractivity contribution < 1.29 is 5.11 Å². The zero-order valence-electron chi connectivity index (χ0n) is 11.6. The monoisotopic (exact) mass is 255 g/mol. The minimum Gasteiger partial charge on any atom is -0.508 e.